The Hall–Kier alpha value is -1.25. The molecule has 0 aliphatic heterocycles. The highest BCUT2D eigenvalue weighted by Crippen LogP contribution is 2.19. The second-order valence-electron chi connectivity index (χ2n) is 2.99. The lowest BCUT2D eigenvalue weighted by atomic mass is 10.2. The van der Waals surface area contributed by atoms with E-state index in [2.05, 4.69) is 4.98 Å². The molecule has 6 nitrogen and oxygen atoms in total. The van der Waals surface area contributed by atoms with Crippen molar-refractivity contribution in [2.45, 2.75) is 0 Å². The summed E-state index contributed by atoms with van der Waals surface area (Å²) in [4.78, 5) is 26.7. The molecule has 80 valence electrons. The highest BCUT2D eigenvalue weighted by atomic mass is 127. The predicted molar refractivity (Wildman–Crippen MR) is 61.6 cm³/mol. The van der Waals surface area contributed by atoms with Gasteiger partial charge in [-0.2, -0.15) is 0 Å². The van der Waals surface area contributed by atoms with Crippen LogP contribution in [0.1, 0.15) is 10.4 Å². The number of nitro groups is 1. The van der Waals surface area contributed by atoms with Crippen LogP contribution in [0.25, 0.3) is 0 Å². The number of amides is 1. The third-order valence-corrected chi connectivity index (χ3v) is 2.50. The van der Waals surface area contributed by atoms with Crippen LogP contribution in [0.2, 0.25) is 0 Å². The van der Waals surface area contributed by atoms with Crippen molar-refractivity contribution < 1.29 is 9.72 Å². The molecule has 0 saturated heterocycles. The highest BCUT2D eigenvalue weighted by Gasteiger charge is 2.17. The van der Waals surface area contributed by atoms with Crippen LogP contribution in [-0.4, -0.2) is 34.8 Å². The maximum atomic E-state index is 11.5. The van der Waals surface area contributed by atoms with Crippen molar-refractivity contribution in [3.8, 4) is 0 Å². The van der Waals surface area contributed by atoms with Crippen LogP contribution in [0.5, 0.6) is 0 Å². The molecule has 0 N–H and O–H groups in total. The summed E-state index contributed by atoms with van der Waals surface area (Å²) in [5, 5.41) is 10.6. The van der Waals surface area contributed by atoms with Crippen LogP contribution in [0.15, 0.2) is 12.3 Å². The van der Waals surface area contributed by atoms with Crippen LogP contribution >= 0.6 is 22.6 Å². The zero-order valence-electron chi connectivity index (χ0n) is 8.10. The Bertz CT molecular complexity index is 420. The molecule has 0 bridgehead atoms. The summed E-state index contributed by atoms with van der Waals surface area (Å²) in [5.41, 5.74) is 0.0652. The lowest BCUT2D eigenvalue weighted by Crippen LogP contribution is -2.22. The molecular formula is C8H8IN3O3. The number of carbonyl (C=O) groups excluding carboxylic acids is 1. The van der Waals surface area contributed by atoms with Crippen molar-refractivity contribution in [1.82, 2.24) is 9.88 Å². The maximum absolute atomic E-state index is 11.5. The zero-order valence-corrected chi connectivity index (χ0v) is 10.3. The van der Waals surface area contributed by atoms with Gasteiger partial charge in [0, 0.05) is 26.4 Å². The SMILES string of the molecule is CN(C)C(=O)c1cnc(I)c([N+](=O)[O-])c1. The largest absolute Gasteiger partial charge is 0.345 e. The number of nitrogens with zero attached hydrogens (tertiary/aromatic N) is 3. The molecule has 1 aromatic rings. The number of rotatable bonds is 2. The number of carbonyl (C=O) groups is 1. The van der Waals surface area contributed by atoms with Gasteiger partial charge in [-0.1, -0.05) is 0 Å². The van der Waals surface area contributed by atoms with Gasteiger partial charge in [0.25, 0.3) is 5.91 Å². The van der Waals surface area contributed by atoms with Gasteiger partial charge in [-0.05, 0) is 22.6 Å². The molecule has 0 aliphatic rings. The molecule has 0 radical (unpaired) electrons. The average Bonchev–Trinajstić information content (AvgIpc) is 2.16. The first-order chi connectivity index (χ1) is 6.93. The fourth-order valence-corrected chi connectivity index (χ4v) is 1.43. The molecule has 0 spiro atoms. The predicted octanol–water partition coefficient (Wildman–Crippen LogP) is 1.30. The fourth-order valence-electron chi connectivity index (χ4n) is 0.940. The van der Waals surface area contributed by atoms with Crippen LogP contribution in [-0.2, 0) is 0 Å². The molecule has 1 amide bonds. The van der Waals surface area contributed by atoms with Gasteiger partial charge in [-0.3, -0.25) is 14.9 Å². The van der Waals surface area contributed by atoms with E-state index in [4.69, 9.17) is 0 Å². The van der Waals surface area contributed by atoms with Gasteiger partial charge in [0.1, 0.15) is 0 Å². The Balaban J connectivity index is 3.19. The summed E-state index contributed by atoms with van der Waals surface area (Å²) in [6.45, 7) is 0. The van der Waals surface area contributed by atoms with Gasteiger partial charge in [-0.15, -0.1) is 0 Å². The summed E-state index contributed by atoms with van der Waals surface area (Å²) in [5.74, 6) is -0.304. The molecule has 1 aromatic heterocycles. The topological polar surface area (TPSA) is 76.3 Å². The third-order valence-electron chi connectivity index (χ3n) is 1.67. The van der Waals surface area contributed by atoms with Crippen molar-refractivity contribution in [3.63, 3.8) is 0 Å². The second-order valence-corrected chi connectivity index (χ2v) is 4.01. The van der Waals surface area contributed by atoms with E-state index < -0.39 is 4.92 Å². The number of hydrogen-bond donors (Lipinski definition) is 0. The molecule has 1 heterocycles. The van der Waals surface area contributed by atoms with E-state index in [9.17, 15) is 14.9 Å². The van der Waals surface area contributed by atoms with Gasteiger partial charge in [0.05, 0.1) is 10.5 Å². The van der Waals surface area contributed by atoms with Gasteiger partial charge in [-0.25, -0.2) is 4.98 Å². The molecule has 0 aliphatic carbocycles. The summed E-state index contributed by atoms with van der Waals surface area (Å²) in [7, 11) is 3.15. The molecular weight excluding hydrogens is 313 g/mol. The van der Waals surface area contributed by atoms with Crippen LogP contribution in [0, 0.1) is 13.8 Å². The fraction of sp³-hybridized carbons (Fsp3) is 0.250. The Labute approximate surface area is 99.6 Å². The lowest BCUT2D eigenvalue weighted by molar-refractivity contribution is -0.386. The van der Waals surface area contributed by atoms with Crippen molar-refractivity contribution in [1.29, 1.82) is 0 Å². The summed E-state index contributed by atoms with van der Waals surface area (Å²) in [6, 6.07) is 1.23. The van der Waals surface area contributed by atoms with Crippen LogP contribution in [0.4, 0.5) is 5.69 Å². The van der Waals surface area contributed by atoms with Gasteiger partial charge in [0.2, 0.25) is 0 Å². The normalized spacial score (nSPS) is 9.80. The summed E-state index contributed by atoms with van der Waals surface area (Å²) < 4.78 is 0.271. The van der Waals surface area contributed by atoms with Gasteiger partial charge in [0.15, 0.2) is 3.70 Å². The van der Waals surface area contributed by atoms with E-state index >= 15 is 0 Å². The number of halogens is 1. The average molecular weight is 321 g/mol. The molecule has 0 fully saturated rings. The lowest BCUT2D eigenvalue weighted by Gasteiger charge is -2.09. The summed E-state index contributed by atoms with van der Waals surface area (Å²) in [6.07, 6.45) is 1.33. The quantitative estimate of drug-likeness (QED) is 0.356. The van der Waals surface area contributed by atoms with Crippen LogP contribution in [0.3, 0.4) is 0 Å². The number of hydrogen-bond acceptors (Lipinski definition) is 4. The Kier molecular flexibility index (Phi) is 3.56. The first-order valence-corrected chi connectivity index (χ1v) is 5.03. The molecule has 0 unspecified atom stereocenters. The van der Waals surface area contributed by atoms with E-state index in [1.165, 1.54) is 17.2 Å². The smallest absolute Gasteiger partial charge is 0.301 e. The standard InChI is InChI=1S/C8H8IN3O3/c1-11(2)8(13)5-3-6(12(14)15)7(9)10-4-5/h3-4H,1-2H3. The molecule has 15 heavy (non-hydrogen) atoms. The molecule has 0 aromatic carbocycles. The van der Waals surface area contributed by atoms with E-state index in [0.717, 1.165) is 0 Å². The van der Waals surface area contributed by atoms with E-state index in [1.807, 2.05) is 0 Å². The van der Waals surface area contributed by atoms with Gasteiger partial charge < -0.3 is 4.90 Å². The van der Waals surface area contributed by atoms with E-state index in [1.54, 1.807) is 36.7 Å². The number of aromatic nitrogens is 1. The maximum Gasteiger partial charge on any atom is 0.301 e. The monoisotopic (exact) mass is 321 g/mol. The van der Waals surface area contributed by atoms with E-state index in [-0.39, 0.29) is 20.9 Å². The Morgan fingerprint density at radius 2 is 2.20 bits per heavy atom. The van der Waals surface area contributed by atoms with Crippen molar-refractivity contribution in [2.75, 3.05) is 14.1 Å². The minimum atomic E-state index is -0.554. The minimum absolute atomic E-state index is 0.150. The van der Waals surface area contributed by atoms with Gasteiger partial charge >= 0.3 is 5.69 Å². The van der Waals surface area contributed by atoms with Crippen LogP contribution < -0.4 is 0 Å². The van der Waals surface area contributed by atoms with E-state index in [0.29, 0.717) is 0 Å². The summed E-state index contributed by atoms with van der Waals surface area (Å²) >= 11 is 1.76. The van der Waals surface area contributed by atoms with Crippen molar-refractivity contribution >= 4 is 34.2 Å². The molecule has 0 atom stereocenters. The third kappa shape index (κ3) is 2.61. The Morgan fingerprint density at radius 1 is 1.60 bits per heavy atom. The first kappa shape index (κ1) is 11.8. The van der Waals surface area contributed by atoms with Crippen molar-refractivity contribution in [3.05, 3.63) is 31.6 Å². The second kappa shape index (κ2) is 4.51. The molecule has 7 heteroatoms. The van der Waals surface area contributed by atoms with Crippen molar-refractivity contribution in [2.24, 2.45) is 0 Å². The highest BCUT2D eigenvalue weighted by molar-refractivity contribution is 14.1. The zero-order chi connectivity index (χ0) is 11.6. The first-order valence-electron chi connectivity index (χ1n) is 3.95. The Morgan fingerprint density at radius 3 is 2.67 bits per heavy atom. The minimum Gasteiger partial charge on any atom is -0.345 e. The molecule has 1 rings (SSSR count). The number of pyridine rings is 1. The molecule has 0 saturated carbocycles.